The van der Waals surface area contributed by atoms with Gasteiger partial charge in [-0.25, -0.2) is 18.6 Å². The molecule has 0 bridgehead atoms. The molecule has 0 saturated carbocycles. The van der Waals surface area contributed by atoms with E-state index in [-0.39, 0.29) is 17.5 Å². The Labute approximate surface area is 94.8 Å². The van der Waals surface area contributed by atoms with Gasteiger partial charge in [-0.05, 0) is 6.07 Å². The topological polar surface area (TPSA) is 59.4 Å². The molecule has 0 aliphatic heterocycles. The van der Waals surface area contributed by atoms with Crippen LogP contribution in [0.15, 0.2) is 6.07 Å². The molecule has 4 nitrogen and oxygen atoms in total. The van der Waals surface area contributed by atoms with Crippen LogP contribution in [-0.4, -0.2) is 23.2 Å². The molecule has 1 heterocycles. The van der Waals surface area contributed by atoms with Crippen LogP contribution in [0.3, 0.4) is 0 Å². The molecule has 0 aliphatic rings. The summed E-state index contributed by atoms with van der Waals surface area (Å²) < 4.78 is 29.8. The van der Waals surface area contributed by atoms with Crippen LogP contribution < -0.4 is 4.74 Å². The Kier molecular flexibility index (Phi) is 4.00. The van der Waals surface area contributed by atoms with E-state index in [1.807, 2.05) is 0 Å². The minimum atomic E-state index is -2.83. The standard InChI is InChI=1S/C9H8ClF2NO3/c1-16-8-5(9(14)15)2-4(7(11)12)6(3-10)13-8/h2,7H,3H2,1H3,(H,14,15). The Hall–Kier alpha value is -1.43. The van der Waals surface area contributed by atoms with Crippen LogP contribution >= 0.6 is 11.6 Å². The zero-order chi connectivity index (χ0) is 12.3. The number of nitrogens with zero attached hydrogens (tertiary/aromatic N) is 1. The second-order valence-electron chi connectivity index (χ2n) is 2.82. The summed E-state index contributed by atoms with van der Waals surface area (Å²) in [7, 11) is 1.20. The molecule has 1 N–H and O–H groups in total. The first-order valence-electron chi connectivity index (χ1n) is 4.16. The highest BCUT2D eigenvalue weighted by Crippen LogP contribution is 2.28. The zero-order valence-electron chi connectivity index (χ0n) is 8.21. The number of hydrogen-bond donors (Lipinski definition) is 1. The molecule has 0 aliphatic carbocycles. The van der Waals surface area contributed by atoms with Crippen LogP contribution in [0.5, 0.6) is 5.88 Å². The van der Waals surface area contributed by atoms with E-state index in [0.717, 1.165) is 6.07 Å². The van der Waals surface area contributed by atoms with Crippen molar-refractivity contribution in [1.82, 2.24) is 4.98 Å². The monoisotopic (exact) mass is 251 g/mol. The van der Waals surface area contributed by atoms with E-state index in [4.69, 9.17) is 16.7 Å². The number of aromatic nitrogens is 1. The van der Waals surface area contributed by atoms with E-state index < -0.39 is 23.5 Å². The van der Waals surface area contributed by atoms with Gasteiger partial charge < -0.3 is 9.84 Å². The van der Waals surface area contributed by atoms with Crippen LogP contribution in [0.2, 0.25) is 0 Å². The molecule has 0 unspecified atom stereocenters. The van der Waals surface area contributed by atoms with E-state index in [0.29, 0.717) is 0 Å². The van der Waals surface area contributed by atoms with Crippen molar-refractivity contribution in [3.63, 3.8) is 0 Å². The van der Waals surface area contributed by atoms with E-state index in [9.17, 15) is 13.6 Å². The minimum Gasteiger partial charge on any atom is -0.480 e. The lowest BCUT2D eigenvalue weighted by Gasteiger charge is -2.10. The highest BCUT2D eigenvalue weighted by molar-refractivity contribution is 6.17. The Bertz CT molecular complexity index is 412. The number of rotatable bonds is 4. The molecule has 0 fully saturated rings. The third-order valence-electron chi connectivity index (χ3n) is 1.89. The highest BCUT2D eigenvalue weighted by Gasteiger charge is 2.21. The fraction of sp³-hybridized carbons (Fsp3) is 0.333. The lowest BCUT2D eigenvalue weighted by Crippen LogP contribution is -2.07. The van der Waals surface area contributed by atoms with Gasteiger partial charge in [0.05, 0.1) is 18.7 Å². The molecule has 1 rings (SSSR count). The number of ether oxygens (including phenoxy) is 1. The number of methoxy groups -OCH3 is 1. The highest BCUT2D eigenvalue weighted by atomic mass is 35.5. The first-order valence-corrected chi connectivity index (χ1v) is 4.70. The van der Waals surface area contributed by atoms with Crippen molar-refractivity contribution in [2.75, 3.05) is 7.11 Å². The number of carbonyl (C=O) groups is 1. The summed E-state index contributed by atoms with van der Waals surface area (Å²) in [5, 5.41) is 8.77. The van der Waals surface area contributed by atoms with E-state index in [1.165, 1.54) is 7.11 Å². The van der Waals surface area contributed by atoms with Gasteiger partial charge in [0, 0.05) is 5.56 Å². The smallest absolute Gasteiger partial charge is 0.341 e. The molecule has 1 aromatic heterocycles. The van der Waals surface area contributed by atoms with Crippen LogP contribution in [0.1, 0.15) is 28.0 Å². The third kappa shape index (κ3) is 2.38. The quantitative estimate of drug-likeness (QED) is 0.835. The molecule has 0 radical (unpaired) electrons. The maximum atomic E-state index is 12.6. The summed E-state index contributed by atoms with van der Waals surface area (Å²) in [6, 6.07) is 0.830. The van der Waals surface area contributed by atoms with Crippen LogP contribution in [0.4, 0.5) is 8.78 Å². The maximum absolute atomic E-state index is 12.6. The molecular formula is C9H8ClF2NO3. The predicted molar refractivity (Wildman–Crippen MR) is 52.3 cm³/mol. The van der Waals surface area contributed by atoms with E-state index in [2.05, 4.69) is 9.72 Å². The summed E-state index contributed by atoms with van der Waals surface area (Å²) in [6.45, 7) is 0. The largest absolute Gasteiger partial charge is 0.480 e. The normalized spacial score (nSPS) is 10.6. The number of carboxylic acid groups (broad SMARTS) is 1. The van der Waals surface area contributed by atoms with Gasteiger partial charge in [-0.1, -0.05) is 0 Å². The molecule has 7 heteroatoms. The average Bonchev–Trinajstić information content (AvgIpc) is 2.26. The lowest BCUT2D eigenvalue weighted by molar-refractivity contribution is 0.0691. The van der Waals surface area contributed by atoms with Gasteiger partial charge >= 0.3 is 5.97 Å². The van der Waals surface area contributed by atoms with Gasteiger partial charge in [-0.15, -0.1) is 11.6 Å². The summed E-state index contributed by atoms with van der Waals surface area (Å²) in [5.41, 5.74) is -0.988. The SMILES string of the molecule is COc1nc(CCl)c(C(F)F)cc1C(=O)O. The third-order valence-corrected chi connectivity index (χ3v) is 2.14. The number of halogens is 3. The fourth-order valence-corrected chi connectivity index (χ4v) is 1.37. The molecule has 0 aromatic carbocycles. The molecule has 1 aromatic rings. The molecule has 16 heavy (non-hydrogen) atoms. The molecule has 0 saturated heterocycles. The van der Waals surface area contributed by atoms with Crippen molar-refractivity contribution in [3.05, 3.63) is 22.9 Å². The summed E-state index contributed by atoms with van der Waals surface area (Å²) in [6.07, 6.45) is -2.83. The maximum Gasteiger partial charge on any atom is 0.341 e. The summed E-state index contributed by atoms with van der Waals surface area (Å²) in [4.78, 5) is 14.4. The number of carboxylic acids is 1. The van der Waals surface area contributed by atoms with Crippen LogP contribution in [0.25, 0.3) is 0 Å². The second-order valence-corrected chi connectivity index (χ2v) is 3.09. The van der Waals surface area contributed by atoms with Crippen LogP contribution in [0, 0.1) is 0 Å². The fourth-order valence-electron chi connectivity index (χ4n) is 1.15. The molecular weight excluding hydrogens is 244 g/mol. The first kappa shape index (κ1) is 12.6. The molecule has 0 amide bonds. The number of aromatic carboxylic acids is 1. The van der Waals surface area contributed by atoms with E-state index in [1.54, 1.807) is 0 Å². The van der Waals surface area contributed by atoms with Gasteiger partial charge in [-0.3, -0.25) is 0 Å². The Morgan fingerprint density at radius 1 is 1.69 bits per heavy atom. The summed E-state index contributed by atoms with van der Waals surface area (Å²) in [5.74, 6) is -1.85. The van der Waals surface area contributed by atoms with Gasteiger partial charge in [0.15, 0.2) is 0 Å². The molecule has 0 atom stereocenters. The van der Waals surface area contributed by atoms with Crippen molar-refractivity contribution >= 4 is 17.6 Å². The van der Waals surface area contributed by atoms with Crippen LogP contribution in [-0.2, 0) is 5.88 Å². The van der Waals surface area contributed by atoms with Gasteiger partial charge in [0.25, 0.3) is 6.43 Å². The van der Waals surface area contributed by atoms with Crippen molar-refractivity contribution < 1.29 is 23.4 Å². The number of hydrogen-bond acceptors (Lipinski definition) is 3. The van der Waals surface area contributed by atoms with Crippen molar-refractivity contribution in [1.29, 1.82) is 0 Å². The Morgan fingerprint density at radius 2 is 2.31 bits per heavy atom. The Morgan fingerprint density at radius 3 is 2.69 bits per heavy atom. The zero-order valence-corrected chi connectivity index (χ0v) is 8.96. The molecule has 0 spiro atoms. The summed E-state index contributed by atoms with van der Waals surface area (Å²) >= 11 is 5.44. The minimum absolute atomic E-state index is 0.0847. The van der Waals surface area contributed by atoms with Crippen molar-refractivity contribution in [2.24, 2.45) is 0 Å². The average molecular weight is 252 g/mol. The van der Waals surface area contributed by atoms with Crippen molar-refractivity contribution in [3.8, 4) is 5.88 Å². The second kappa shape index (κ2) is 5.07. The number of alkyl halides is 3. The first-order chi connectivity index (χ1) is 7.51. The van der Waals surface area contributed by atoms with Gasteiger partial charge in [-0.2, -0.15) is 0 Å². The predicted octanol–water partition coefficient (Wildman–Crippen LogP) is 2.46. The van der Waals surface area contributed by atoms with Crippen molar-refractivity contribution in [2.45, 2.75) is 12.3 Å². The van der Waals surface area contributed by atoms with Gasteiger partial charge in [0.2, 0.25) is 5.88 Å². The van der Waals surface area contributed by atoms with E-state index >= 15 is 0 Å². The molecule has 88 valence electrons. The number of pyridine rings is 1. The van der Waals surface area contributed by atoms with Gasteiger partial charge in [0.1, 0.15) is 5.56 Å². The Balaban J connectivity index is 3.40. The lowest BCUT2D eigenvalue weighted by atomic mass is 10.1.